The molecule has 0 saturated carbocycles. The van der Waals surface area contributed by atoms with Gasteiger partial charge < -0.3 is 15.0 Å². The molecule has 0 radical (unpaired) electrons. The highest BCUT2D eigenvalue weighted by Crippen LogP contribution is 2.20. The lowest BCUT2D eigenvalue weighted by atomic mass is 10.1. The molecular formula is C16H18N2O3. The van der Waals surface area contributed by atoms with Crippen LogP contribution in [0.3, 0.4) is 0 Å². The van der Waals surface area contributed by atoms with Gasteiger partial charge in [0.05, 0.1) is 11.3 Å². The molecule has 1 amide bonds. The Hall–Kier alpha value is -2.56. The number of benzene rings is 1. The number of aromatic carboxylic acids is 1. The topological polar surface area (TPSA) is 71.3 Å². The van der Waals surface area contributed by atoms with Crippen LogP contribution in [0.1, 0.15) is 39.8 Å². The molecular weight excluding hydrogens is 268 g/mol. The summed E-state index contributed by atoms with van der Waals surface area (Å²) >= 11 is 0. The van der Waals surface area contributed by atoms with Gasteiger partial charge in [-0.2, -0.15) is 0 Å². The van der Waals surface area contributed by atoms with Crippen LogP contribution in [0.25, 0.3) is 0 Å². The summed E-state index contributed by atoms with van der Waals surface area (Å²) in [6.45, 7) is 4.49. The van der Waals surface area contributed by atoms with Gasteiger partial charge in [0.25, 0.3) is 5.91 Å². The van der Waals surface area contributed by atoms with Crippen molar-refractivity contribution in [2.24, 2.45) is 0 Å². The molecule has 0 spiro atoms. The van der Waals surface area contributed by atoms with Crippen molar-refractivity contribution in [1.29, 1.82) is 0 Å². The minimum absolute atomic E-state index is 0.124. The first-order chi connectivity index (χ1) is 10.0. The molecule has 1 heterocycles. The maximum atomic E-state index is 12.3. The molecule has 110 valence electrons. The molecule has 2 aromatic rings. The lowest BCUT2D eigenvalue weighted by Gasteiger charge is -2.12. The first-order valence-corrected chi connectivity index (χ1v) is 6.84. The maximum absolute atomic E-state index is 12.3. The van der Waals surface area contributed by atoms with E-state index in [1.54, 1.807) is 37.3 Å². The number of aromatic nitrogens is 1. The number of aryl methyl sites for hydroxylation is 2. The number of carboxylic acids is 1. The summed E-state index contributed by atoms with van der Waals surface area (Å²) in [5, 5.41) is 12.0. The number of carbonyl (C=O) groups excluding carboxylic acids is 1. The molecule has 0 bridgehead atoms. The van der Waals surface area contributed by atoms with Gasteiger partial charge in [0, 0.05) is 12.7 Å². The zero-order valence-electron chi connectivity index (χ0n) is 12.1. The highest BCUT2D eigenvalue weighted by Gasteiger charge is 2.17. The summed E-state index contributed by atoms with van der Waals surface area (Å²) < 4.78 is 1.85. The van der Waals surface area contributed by atoms with E-state index in [1.807, 2.05) is 17.7 Å². The van der Waals surface area contributed by atoms with E-state index in [0.29, 0.717) is 16.9 Å². The van der Waals surface area contributed by atoms with Crippen LogP contribution < -0.4 is 5.32 Å². The van der Waals surface area contributed by atoms with Gasteiger partial charge in [-0.3, -0.25) is 4.79 Å². The Balaban J connectivity index is 2.30. The Kier molecular flexibility index (Phi) is 4.42. The number of anilines is 1. The number of carboxylic acid groups (broad SMARTS) is 1. The van der Waals surface area contributed by atoms with Crippen molar-refractivity contribution >= 4 is 17.6 Å². The van der Waals surface area contributed by atoms with Gasteiger partial charge in [0.2, 0.25) is 0 Å². The summed E-state index contributed by atoms with van der Waals surface area (Å²) in [5.74, 6) is -1.35. The monoisotopic (exact) mass is 286 g/mol. The van der Waals surface area contributed by atoms with Gasteiger partial charge in [-0.05, 0) is 37.1 Å². The molecule has 5 nitrogen and oxygen atoms in total. The van der Waals surface area contributed by atoms with Gasteiger partial charge in [-0.25, -0.2) is 4.79 Å². The number of carbonyl (C=O) groups is 2. The van der Waals surface area contributed by atoms with Crippen molar-refractivity contribution in [2.45, 2.75) is 26.8 Å². The fraction of sp³-hybridized carbons (Fsp3) is 0.250. The molecule has 0 atom stereocenters. The molecule has 0 aliphatic heterocycles. The molecule has 1 aromatic heterocycles. The van der Waals surface area contributed by atoms with E-state index in [0.717, 1.165) is 13.0 Å². The molecule has 0 saturated heterocycles. The summed E-state index contributed by atoms with van der Waals surface area (Å²) in [6, 6.07) is 8.56. The van der Waals surface area contributed by atoms with E-state index in [1.165, 1.54) is 0 Å². The lowest BCUT2D eigenvalue weighted by Crippen LogP contribution is -2.19. The zero-order valence-corrected chi connectivity index (χ0v) is 12.1. The zero-order chi connectivity index (χ0) is 15.4. The first kappa shape index (κ1) is 14.8. The van der Waals surface area contributed by atoms with Crippen molar-refractivity contribution in [3.63, 3.8) is 0 Å². The van der Waals surface area contributed by atoms with Crippen LogP contribution in [0.5, 0.6) is 0 Å². The van der Waals surface area contributed by atoms with Crippen molar-refractivity contribution in [3.05, 3.63) is 53.3 Å². The van der Waals surface area contributed by atoms with Crippen LogP contribution in [0.4, 0.5) is 5.69 Å². The van der Waals surface area contributed by atoms with E-state index in [2.05, 4.69) is 5.32 Å². The predicted molar refractivity (Wildman–Crippen MR) is 80.8 cm³/mol. The van der Waals surface area contributed by atoms with Gasteiger partial charge in [-0.15, -0.1) is 0 Å². The third kappa shape index (κ3) is 3.13. The second kappa shape index (κ2) is 6.26. The van der Waals surface area contributed by atoms with Gasteiger partial charge in [-0.1, -0.05) is 19.1 Å². The summed E-state index contributed by atoms with van der Waals surface area (Å²) in [4.78, 5) is 23.7. The maximum Gasteiger partial charge on any atom is 0.338 e. The molecule has 5 heteroatoms. The smallest absolute Gasteiger partial charge is 0.338 e. The Morgan fingerprint density at radius 2 is 2.00 bits per heavy atom. The van der Waals surface area contributed by atoms with Gasteiger partial charge in [0.1, 0.15) is 5.69 Å². The summed E-state index contributed by atoms with van der Waals surface area (Å²) in [5.41, 5.74) is 1.58. The number of amides is 1. The standard InChI is InChI=1S/C16H18N2O3/c1-3-9-18-10-5-8-13(18)15(19)17-12-7-4-6-11(2)14(12)16(20)21/h4-8,10H,3,9H2,1-2H3,(H,17,19)(H,20,21). The van der Waals surface area contributed by atoms with Gasteiger partial charge >= 0.3 is 5.97 Å². The lowest BCUT2D eigenvalue weighted by molar-refractivity contribution is 0.0697. The fourth-order valence-electron chi connectivity index (χ4n) is 2.30. The molecule has 2 rings (SSSR count). The van der Waals surface area contributed by atoms with Crippen LogP contribution in [0.2, 0.25) is 0 Å². The van der Waals surface area contributed by atoms with Crippen molar-refractivity contribution in [2.75, 3.05) is 5.32 Å². The third-order valence-corrected chi connectivity index (χ3v) is 3.26. The van der Waals surface area contributed by atoms with Crippen LogP contribution in [-0.4, -0.2) is 21.6 Å². The molecule has 0 aliphatic carbocycles. The number of nitrogens with zero attached hydrogens (tertiary/aromatic N) is 1. The average Bonchev–Trinajstić information content (AvgIpc) is 2.87. The Morgan fingerprint density at radius 3 is 2.67 bits per heavy atom. The fourth-order valence-corrected chi connectivity index (χ4v) is 2.30. The first-order valence-electron chi connectivity index (χ1n) is 6.84. The number of hydrogen-bond donors (Lipinski definition) is 2. The molecule has 0 fully saturated rings. The minimum Gasteiger partial charge on any atom is -0.478 e. The van der Waals surface area contributed by atoms with E-state index >= 15 is 0 Å². The van der Waals surface area contributed by atoms with Gasteiger partial charge in [0.15, 0.2) is 0 Å². The van der Waals surface area contributed by atoms with Crippen LogP contribution in [0, 0.1) is 6.92 Å². The molecule has 21 heavy (non-hydrogen) atoms. The number of rotatable bonds is 5. The number of nitrogens with one attached hydrogen (secondary N) is 1. The molecule has 1 aromatic carbocycles. The second-order valence-electron chi connectivity index (χ2n) is 4.84. The average molecular weight is 286 g/mol. The second-order valence-corrected chi connectivity index (χ2v) is 4.84. The highest BCUT2D eigenvalue weighted by molar-refractivity contribution is 6.07. The van der Waals surface area contributed by atoms with Crippen molar-refractivity contribution in [3.8, 4) is 0 Å². The van der Waals surface area contributed by atoms with Crippen LogP contribution in [0.15, 0.2) is 36.5 Å². The quantitative estimate of drug-likeness (QED) is 0.887. The number of hydrogen-bond acceptors (Lipinski definition) is 2. The predicted octanol–water partition coefficient (Wildman–Crippen LogP) is 3.16. The van der Waals surface area contributed by atoms with Crippen molar-refractivity contribution in [1.82, 2.24) is 4.57 Å². The van der Waals surface area contributed by atoms with E-state index in [-0.39, 0.29) is 11.5 Å². The molecule has 0 aliphatic rings. The Bertz CT molecular complexity index is 674. The third-order valence-electron chi connectivity index (χ3n) is 3.26. The van der Waals surface area contributed by atoms with Crippen LogP contribution in [-0.2, 0) is 6.54 Å². The van der Waals surface area contributed by atoms with Crippen molar-refractivity contribution < 1.29 is 14.7 Å². The largest absolute Gasteiger partial charge is 0.478 e. The SMILES string of the molecule is CCCn1cccc1C(=O)Nc1cccc(C)c1C(=O)O. The van der Waals surface area contributed by atoms with Crippen LogP contribution >= 0.6 is 0 Å². The Labute approximate surface area is 123 Å². The summed E-state index contributed by atoms with van der Waals surface area (Å²) in [7, 11) is 0. The van der Waals surface area contributed by atoms with E-state index < -0.39 is 5.97 Å². The molecule has 2 N–H and O–H groups in total. The molecule has 0 unspecified atom stereocenters. The van der Waals surface area contributed by atoms with E-state index in [9.17, 15) is 14.7 Å². The summed E-state index contributed by atoms with van der Waals surface area (Å²) in [6.07, 6.45) is 2.76. The normalized spacial score (nSPS) is 10.4. The highest BCUT2D eigenvalue weighted by atomic mass is 16.4. The van der Waals surface area contributed by atoms with E-state index in [4.69, 9.17) is 0 Å². The minimum atomic E-state index is -1.05. The Morgan fingerprint density at radius 1 is 1.24 bits per heavy atom.